The van der Waals surface area contributed by atoms with Crippen LogP contribution >= 0.6 is 0 Å². The summed E-state index contributed by atoms with van der Waals surface area (Å²) < 4.78 is 5.28. The Morgan fingerprint density at radius 2 is 2.36 bits per heavy atom. The number of nitrogens with one attached hydrogen (secondary N) is 1. The van der Waals surface area contributed by atoms with Crippen molar-refractivity contribution in [3.8, 4) is 0 Å². The normalized spacial score (nSPS) is 42.4. The third-order valence-corrected chi connectivity index (χ3v) is 2.35. The van der Waals surface area contributed by atoms with Gasteiger partial charge in [0, 0.05) is 19.0 Å². The Hall–Kier alpha value is -0.610. The van der Waals surface area contributed by atoms with Crippen LogP contribution in [0.2, 0.25) is 0 Å². The molecule has 4 nitrogen and oxygen atoms in total. The van der Waals surface area contributed by atoms with Crippen LogP contribution in [-0.2, 0) is 9.53 Å². The molecule has 0 radical (unpaired) electrons. The maximum Gasteiger partial charge on any atom is 0.333 e. The molecule has 0 aliphatic carbocycles. The second-order valence-corrected chi connectivity index (χ2v) is 3.17. The standard InChI is InChI=1S/C7H11NO3/c9-7(10)6-4-1-5(11-6)3-8-2-4/h4-6,8H,1-3H2,(H,9,10). The molecule has 2 aliphatic rings. The van der Waals surface area contributed by atoms with E-state index in [-0.39, 0.29) is 12.0 Å². The second-order valence-electron chi connectivity index (χ2n) is 3.17. The van der Waals surface area contributed by atoms with Crippen molar-refractivity contribution in [1.29, 1.82) is 0 Å². The molecular formula is C7H11NO3. The molecule has 62 valence electrons. The lowest BCUT2D eigenvalue weighted by atomic mass is 9.96. The van der Waals surface area contributed by atoms with Crippen molar-refractivity contribution < 1.29 is 14.6 Å². The fourth-order valence-corrected chi connectivity index (χ4v) is 1.85. The van der Waals surface area contributed by atoms with Crippen LogP contribution in [0.15, 0.2) is 0 Å². The van der Waals surface area contributed by atoms with Gasteiger partial charge in [-0.1, -0.05) is 0 Å². The van der Waals surface area contributed by atoms with Crippen LogP contribution < -0.4 is 5.32 Å². The molecule has 4 heteroatoms. The highest BCUT2D eigenvalue weighted by Crippen LogP contribution is 2.28. The van der Waals surface area contributed by atoms with E-state index in [0.717, 1.165) is 19.5 Å². The van der Waals surface area contributed by atoms with E-state index in [2.05, 4.69) is 5.32 Å². The molecule has 3 atom stereocenters. The maximum atomic E-state index is 10.6. The molecule has 2 rings (SSSR count). The van der Waals surface area contributed by atoms with Crippen LogP contribution in [-0.4, -0.2) is 36.4 Å². The third-order valence-electron chi connectivity index (χ3n) is 2.35. The molecule has 0 saturated carbocycles. The summed E-state index contributed by atoms with van der Waals surface area (Å²) in [5, 5.41) is 11.9. The maximum absolute atomic E-state index is 10.6. The SMILES string of the molecule is O=C(O)C1OC2CNCC1C2. The summed E-state index contributed by atoms with van der Waals surface area (Å²) in [4.78, 5) is 10.6. The smallest absolute Gasteiger partial charge is 0.333 e. The van der Waals surface area contributed by atoms with Gasteiger partial charge in [0.1, 0.15) is 0 Å². The van der Waals surface area contributed by atoms with Crippen molar-refractivity contribution in [2.24, 2.45) is 5.92 Å². The van der Waals surface area contributed by atoms with Gasteiger partial charge < -0.3 is 15.2 Å². The Balaban J connectivity index is 2.08. The van der Waals surface area contributed by atoms with E-state index in [1.165, 1.54) is 0 Å². The number of piperidine rings is 1. The number of carbonyl (C=O) groups is 1. The Kier molecular flexibility index (Phi) is 1.58. The van der Waals surface area contributed by atoms with Gasteiger partial charge in [-0.15, -0.1) is 0 Å². The number of carboxylic acid groups (broad SMARTS) is 1. The molecule has 2 bridgehead atoms. The van der Waals surface area contributed by atoms with Gasteiger partial charge in [-0.25, -0.2) is 4.79 Å². The van der Waals surface area contributed by atoms with E-state index in [1.807, 2.05) is 0 Å². The molecule has 2 fully saturated rings. The summed E-state index contributed by atoms with van der Waals surface area (Å²) in [7, 11) is 0. The Morgan fingerprint density at radius 3 is 3.00 bits per heavy atom. The Bertz CT molecular complexity index is 183. The number of fused-ring (bicyclic) bond motifs is 2. The van der Waals surface area contributed by atoms with Crippen molar-refractivity contribution >= 4 is 5.97 Å². The van der Waals surface area contributed by atoms with Crippen molar-refractivity contribution in [3.63, 3.8) is 0 Å². The number of aliphatic carboxylic acids is 1. The minimum atomic E-state index is -0.818. The topological polar surface area (TPSA) is 58.6 Å². The van der Waals surface area contributed by atoms with Gasteiger partial charge >= 0.3 is 5.97 Å². The molecule has 11 heavy (non-hydrogen) atoms. The number of ether oxygens (including phenoxy) is 1. The highest BCUT2D eigenvalue weighted by atomic mass is 16.5. The molecule has 2 N–H and O–H groups in total. The molecule has 0 aromatic heterocycles. The van der Waals surface area contributed by atoms with Crippen molar-refractivity contribution in [3.05, 3.63) is 0 Å². The first-order valence-corrected chi connectivity index (χ1v) is 3.86. The predicted octanol–water partition coefficient (Wildman–Crippen LogP) is -0.552. The average Bonchev–Trinajstić information content (AvgIpc) is 2.27. The first kappa shape index (κ1) is 7.06. The van der Waals surface area contributed by atoms with Gasteiger partial charge in [0.25, 0.3) is 0 Å². The average molecular weight is 157 g/mol. The quantitative estimate of drug-likeness (QED) is 0.536. The van der Waals surface area contributed by atoms with Crippen LogP contribution in [0.3, 0.4) is 0 Å². The van der Waals surface area contributed by atoms with E-state index in [9.17, 15) is 4.79 Å². The zero-order chi connectivity index (χ0) is 7.84. The second kappa shape index (κ2) is 2.46. The Morgan fingerprint density at radius 1 is 1.55 bits per heavy atom. The monoisotopic (exact) mass is 157 g/mol. The minimum Gasteiger partial charge on any atom is -0.479 e. The number of rotatable bonds is 1. The fraction of sp³-hybridized carbons (Fsp3) is 0.857. The van der Waals surface area contributed by atoms with E-state index >= 15 is 0 Å². The third kappa shape index (κ3) is 1.12. The molecule has 2 aliphatic heterocycles. The molecule has 2 heterocycles. The molecular weight excluding hydrogens is 146 g/mol. The van der Waals surface area contributed by atoms with Crippen LogP contribution in [0.25, 0.3) is 0 Å². The lowest BCUT2D eigenvalue weighted by Gasteiger charge is -2.17. The van der Waals surface area contributed by atoms with Crippen LogP contribution in [0.1, 0.15) is 6.42 Å². The van der Waals surface area contributed by atoms with E-state index < -0.39 is 12.1 Å². The number of hydrogen-bond acceptors (Lipinski definition) is 3. The molecule has 0 amide bonds. The highest BCUT2D eigenvalue weighted by Gasteiger charge is 2.41. The van der Waals surface area contributed by atoms with Crippen molar-refractivity contribution in [2.75, 3.05) is 13.1 Å². The largest absolute Gasteiger partial charge is 0.479 e. The highest BCUT2D eigenvalue weighted by molar-refractivity contribution is 5.73. The fourth-order valence-electron chi connectivity index (χ4n) is 1.85. The van der Waals surface area contributed by atoms with E-state index in [0.29, 0.717) is 0 Å². The zero-order valence-corrected chi connectivity index (χ0v) is 6.12. The molecule has 3 unspecified atom stereocenters. The van der Waals surface area contributed by atoms with Gasteiger partial charge in [0.2, 0.25) is 0 Å². The van der Waals surface area contributed by atoms with Gasteiger partial charge in [-0.3, -0.25) is 0 Å². The van der Waals surface area contributed by atoms with Gasteiger partial charge in [-0.2, -0.15) is 0 Å². The van der Waals surface area contributed by atoms with Crippen molar-refractivity contribution in [2.45, 2.75) is 18.6 Å². The Labute approximate surface area is 64.5 Å². The summed E-state index contributed by atoms with van der Waals surface area (Å²) in [6.45, 7) is 1.59. The van der Waals surface area contributed by atoms with Gasteiger partial charge in [-0.05, 0) is 6.42 Å². The summed E-state index contributed by atoms with van der Waals surface area (Å²) in [6.07, 6.45) is 0.481. The van der Waals surface area contributed by atoms with Crippen LogP contribution in [0.5, 0.6) is 0 Å². The first-order valence-electron chi connectivity index (χ1n) is 3.86. The lowest BCUT2D eigenvalue weighted by Crippen LogP contribution is -2.36. The molecule has 0 aromatic carbocycles. The van der Waals surface area contributed by atoms with E-state index in [1.54, 1.807) is 0 Å². The minimum absolute atomic E-state index is 0.134. The predicted molar refractivity (Wildman–Crippen MR) is 37.3 cm³/mol. The summed E-state index contributed by atoms with van der Waals surface area (Å²) in [5.41, 5.74) is 0. The summed E-state index contributed by atoms with van der Waals surface area (Å²) in [5.74, 6) is -0.632. The molecule has 0 spiro atoms. The molecule has 0 aromatic rings. The first-order chi connectivity index (χ1) is 5.27. The number of carboxylic acids is 1. The van der Waals surface area contributed by atoms with Crippen molar-refractivity contribution in [1.82, 2.24) is 5.32 Å². The summed E-state index contributed by atoms with van der Waals surface area (Å²) in [6, 6.07) is 0. The van der Waals surface area contributed by atoms with Crippen LogP contribution in [0.4, 0.5) is 0 Å². The lowest BCUT2D eigenvalue weighted by molar-refractivity contribution is -0.150. The van der Waals surface area contributed by atoms with Gasteiger partial charge in [0.15, 0.2) is 6.10 Å². The molecule has 2 saturated heterocycles. The van der Waals surface area contributed by atoms with Gasteiger partial charge in [0.05, 0.1) is 6.10 Å². The zero-order valence-electron chi connectivity index (χ0n) is 6.12. The number of hydrogen-bond donors (Lipinski definition) is 2. The van der Waals surface area contributed by atoms with Crippen LogP contribution in [0, 0.1) is 5.92 Å². The summed E-state index contributed by atoms with van der Waals surface area (Å²) >= 11 is 0. The van der Waals surface area contributed by atoms with E-state index in [4.69, 9.17) is 9.84 Å².